The predicted molar refractivity (Wildman–Crippen MR) is 89.6 cm³/mol. The molecule has 0 bridgehead atoms. The highest BCUT2D eigenvalue weighted by Gasteiger charge is 2.41. The van der Waals surface area contributed by atoms with Crippen LogP contribution in [0.25, 0.3) is 0 Å². The van der Waals surface area contributed by atoms with Crippen molar-refractivity contribution in [2.24, 2.45) is 5.41 Å². The Labute approximate surface area is 130 Å². The van der Waals surface area contributed by atoms with Crippen molar-refractivity contribution in [3.8, 4) is 0 Å². The quantitative estimate of drug-likeness (QED) is 0.724. The molecule has 0 radical (unpaired) electrons. The maximum atomic E-state index is 6.21. The molecule has 1 aromatic rings. The highest BCUT2D eigenvalue weighted by atomic mass is 16.5. The Balaban J connectivity index is 1.74. The predicted octanol–water partition coefficient (Wildman–Crippen LogP) is 4.19. The fraction of sp³-hybridized carbons (Fsp3) is 0.684. The van der Waals surface area contributed by atoms with Gasteiger partial charge in [0.1, 0.15) is 0 Å². The van der Waals surface area contributed by atoms with E-state index in [1.54, 1.807) is 0 Å². The molecule has 1 saturated carbocycles. The molecule has 2 atom stereocenters. The summed E-state index contributed by atoms with van der Waals surface area (Å²) in [5.74, 6) is 0. The van der Waals surface area contributed by atoms with E-state index in [4.69, 9.17) is 4.74 Å². The van der Waals surface area contributed by atoms with Gasteiger partial charge < -0.3 is 10.1 Å². The lowest BCUT2D eigenvalue weighted by Crippen LogP contribution is -2.45. The van der Waals surface area contributed by atoms with E-state index in [2.05, 4.69) is 56.4 Å². The minimum absolute atomic E-state index is 0.360. The molecule has 2 unspecified atom stereocenters. The van der Waals surface area contributed by atoms with E-state index in [-0.39, 0.29) is 0 Å². The van der Waals surface area contributed by atoms with Crippen LogP contribution in [0.4, 0.5) is 0 Å². The van der Waals surface area contributed by atoms with Crippen molar-refractivity contribution in [3.63, 3.8) is 0 Å². The molecule has 0 saturated heterocycles. The Kier molecular flexibility index (Phi) is 6.25. The molecule has 118 valence electrons. The SMILES string of the molecule is CCCNC1C(OCCCc2ccccc2)CCC1(C)C. The van der Waals surface area contributed by atoms with E-state index in [0.717, 1.165) is 26.0 Å². The van der Waals surface area contributed by atoms with Gasteiger partial charge in [0.2, 0.25) is 0 Å². The van der Waals surface area contributed by atoms with E-state index >= 15 is 0 Å². The van der Waals surface area contributed by atoms with Crippen LogP contribution in [0.1, 0.15) is 52.0 Å². The van der Waals surface area contributed by atoms with Crippen LogP contribution in [0, 0.1) is 5.41 Å². The van der Waals surface area contributed by atoms with Gasteiger partial charge in [-0.15, -0.1) is 0 Å². The average Bonchev–Trinajstić information content (AvgIpc) is 2.77. The molecular formula is C19H31NO. The first kappa shape index (κ1) is 16.5. The minimum Gasteiger partial charge on any atom is -0.377 e. The largest absolute Gasteiger partial charge is 0.377 e. The van der Waals surface area contributed by atoms with Crippen LogP contribution in [-0.2, 0) is 11.2 Å². The smallest absolute Gasteiger partial charge is 0.0733 e. The molecular weight excluding hydrogens is 258 g/mol. The third-order valence-corrected chi connectivity index (χ3v) is 4.69. The summed E-state index contributed by atoms with van der Waals surface area (Å²) in [6, 6.07) is 11.2. The number of nitrogens with one attached hydrogen (secondary N) is 1. The molecule has 21 heavy (non-hydrogen) atoms. The summed E-state index contributed by atoms with van der Waals surface area (Å²) in [4.78, 5) is 0. The van der Waals surface area contributed by atoms with Crippen LogP contribution >= 0.6 is 0 Å². The minimum atomic E-state index is 0.360. The van der Waals surface area contributed by atoms with Gasteiger partial charge in [-0.25, -0.2) is 0 Å². The normalized spacial score (nSPS) is 24.3. The summed E-state index contributed by atoms with van der Waals surface area (Å²) >= 11 is 0. The Hall–Kier alpha value is -0.860. The van der Waals surface area contributed by atoms with Gasteiger partial charge in [-0.05, 0) is 49.6 Å². The van der Waals surface area contributed by atoms with E-state index in [1.165, 1.54) is 24.8 Å². The van der Waals surface area contributed by atoms with Crippen molar-refractivity contribution in [1.82, 2.24) is 5.32 Å². The molecule has 2 rings (SSSR count). The van der Waals surface area contributed by atoms with Gasteiger partial charge in [0.15, 0.2) is 0 Å². The Morgan fingerprint density at radius 3 is 2.71 bits per heavy atom. The number of aryl methyl sites for hydroxylation is 1. The van der Waals surface area contributed by atoms with E-state index in [0.29, 0.717) is 17.6 Å². The van der Waals surface area contributed by atoms with Crippen molar-refractivity contribution in [1.29, 1.82) is 0 Å². The summed E-state index contributed by atoms with van der Waals surface area (Å²) < 4.78 is 6.21. The Morgan fingerprint density at radius 2 is 2.00 bits per heavy atom. The van der Waals surface area contributed by atoms with Crippen LogP contribution in [0.15, 0.2) is 30.3 Å². The van der Waals surface area contributed by atoms with E-state index < -0.39 is 0 Å². The van der Waals surface area contributed by atoms with Gasteiger partial charge in [0.05, 0.1) is 6.10 Å². The fourth-order valence-corrected chi connectivity index (χ4v) is 3.38. The van der Waals surface area contributed by atoms with Crippen LogP contribution in [0.5, 0.6) is 0 Å². The number of hydrogen-bond donors (Lipinski definition) is 1. The Bertz CT molecular complexity index is 401. The summed E-state index contributed by atoms with van der Waals surface area (Å²) in [5.41, 5.74) is 1.77. The molecule has 0 spiro atoms. The summed E-state index contributed by atoms with van der Waals surface area (Å²) in [6.07, 6.45) is 6.26. The van der Waals surface area contributed by atoms with Gasteiger partial charge in [-0.3, -0.25) is 0 Å². The first-order chi connectivity index (χ1) is 10.1. The highest BCUT2D eigenvalue weighted by molar-refractivity contribution is 5.14. The second-order valence-corrected chi connectivity index (χ2v) is 6.96. The molecule has 1 aliphatic carbocycles. The van der Waals surface area contributed by atoms with Crippen LogP contribution in [0.3, 0.4) is 0 Å². The zero-order chi connectivity index (χ0) is 15.1. The molecule has 0 heterocycles. The number of ether oxygens (including phenoxy) is 1. The second-order valence-electron chi connectivity index (χ2n) is 6.96. The van der Waals surface area contributed by atoms with Gasteiger partial charge in [-0.1, -0.05) is 51.1 Å². The summed E-state index contributed by atoms with van der Waals surface area (Å²) in [5, 5.41) is 3.71. The van der Waals surface area contributed by atoms with E-state index in [9.17, 15) is 0 Å². The van der Waals surface area contributed by atoms with Gasteiger partial charge in [0, 0.05) is 12.6 Å². The number of rotatable bonds is 8. The topological polar surface area (TPSA) is 21.3 Å². The highest BCUT2D eigenvalue weighted by Crippen LogP contribution is 2.39. The molecule has 1 aromatic carbocycles. The van der Waals surface area contributed by atoms with Gasteiger partial charge in [-0.2, -0.15) is 0 Å². The molecule has 2 heteroatoms. The van der Waals surface area contributed by atoms with Crippen molar-refractivity contribution < 1.29 is 4.74 Å². The van der Waals surface area contributed by atoms with Gasteiger partial charge in [0.25, 0.3) is 0 Å². The van der Waals surface area contributed by atoms with E-state index in [1.807, 2.05) is 0 Å². The zero-order valence-corrected chi connectivity index (χ0v) is 13.9. The fourth-order valence-electron chi connectivity index (χ4n) is 3.38. The monoisotopic (exact) mass is 289 g/mol. The van der Waals surface area contributed by atoms with Crippen LogP contribution in [0.2, 0.25) is 0 Å². The molecule has 2 nitrogen and oxygen atoms in total. The maximum Gasteiger partial charge on any atom is 0.0733 e. The number of benzene rings is 1. The van der Waals surface area contributed by atoms with Crippen molar-refractivity contribution in [2.45, 2.75) is 65.0 Å². The van der Waals surface area contributed by atoms with Crippen molar-refractivity contribution >= 4 is 0 Å². The second kappa shape index (κ2) is 7.95. The third-order valence-electron chi connectivity index (χ3n) is 4.69. The first-order valence-electron chi connectivity index (χ1n) is 8.52. The molecule has 0 aliphatic heterocycles. The molecule has 0 aromatic heterocycles. The van der Waals surface area contributed by atoms with Gasteiger partial charge >= 0.3 is 0 Å². The Morgan fingerprint density at radius 1 is 1.24 bits per heavy atom. The maximum absolute atomic E-state index is 6.21. The zero-order valence-electron chi connectivity index (χ0n) is 13.9. The molecule has 1 N–H and O–H groups in total. The lowest BCUT2D eigenvalue weighted by Gasteiger charge is -2.31. The average molecular weight is 289 g/mol. The molecule has 1 fully saturated rings. The standard InChI is InChI=1S/C19H31NO/c1-4-14-20-18-17(12-13-19(18,2)3)21-15-8-11-16-9-6-5-7-10-16/h5-7,9-10,17-18,20H,4,8,11-15H2,1-3H3. The first-order valence-corrected chi connectivity index (χ1v) is 8.52. The third kappa shape index (κ3) is 4.82. The summed E-state index contributed by atoms with van der Waals surface area (Å²) in [7, 11) is 0. The number of hydrogen-bond acceptors (Lipinski definition) is 2. The lowest BCUT2D eigenvalue weighted by atomic mass is 9.87. The molecule has 1 aliphatic rings. The van der Waals surface area contributed by atoms with Crippen LogP contribution < -0.4 is 5.32 Å². The van der Waals surface area contributed by atoms with Crippen LogP contribution in [-0.4, -0.2) is 25.3 Å². The molecule has 0 amide bonds. The van der Waals surface area contributed by atoms with Crippen molar-refractivity contribution in [3.05, 3.63) is 35.9 Å². The van der Waals surface area contributed by atoms with Crippen molar-refractivity contribution in [2.75, 3.05) is 13.2 Å². The summed E-state index contributed by atoms with van der Waals surface area (Å²) in [6.45, 7) is 8.93. The lowest BCUT2D eigenvalue weighted by molar-refractivity contribution is 0.0256.